The molecule has 8 nitrogen and oxygen atoms in total. The molecule has 0 bridgehead atoms. The standard InChI is InChI=1S/C24H30N4O4.CH4S/c1-2-24-26-12-13-28(24)23(4-3-11-25)22-14-21(32-27-22)10-7-18-5-8-20(9-6-18)31-17-19(15-29)16-30;1-2/h5-6,8-9,12-14,19,23,29-30H,2-4,11,15-17,25H2,1H3;2H,1H3. The number of aliphatic hydroxyl groups is 2. The summed E-state index contributed by atoms with van der Waals surface area (Å²) in [6, 6.07) is 9.17. The van der Waals surface area contributed by atoms with E-state index >= 15 is 0 Å². The van der Waals surface area contributed by atoms with Crippen LogP contribution in [0.4, 0.5) is 0 Å². The molecule has 0 aliphatic carbocycles. The quantitative estimate of drug-likeness (QED) is 0.243. The van der Waals surface area contributed by atoms with Crippen molar-refractivity contribution in [3.8, 4) is 17.6 Å². The third-order valence-electron chi connectivity index (χ3n) is 5.14. The van der Waals surface area contributed by atoms with Crippen molar-refractivity contribution in [2.24, 2.45) is 11.7 Å². The van der Waals surface area contributed by atoms with E-state index in [1.165, 1.54) is 0 Å². The lowest BCUT2D eigenvalue weighted by Crippen LogP contribution is -2.19. The van der Waals surface area contributed by atoms with Gasteiger partial charge in [0.2, 0.25) is 5.76 Å². The second-order valence-electron chi connectivity index (χ2n) is 7.48. The van der Waals surface area contributed by atoms with E-state index in [1.807, 2.05) is 24.4 Å². The summed E-state index contributed by atoms with van der Waals surface area (Å²) in [4.78, 5) is 4.42. The maximum atomic E-state index is 9.10. The molecule has 3 rings (SSSR count). The van der Waals surface area contributed by atoms with Gasteiger partial charge < -0.3 is 29.8 Å². The van der Waals surface area contributed by atoms with Crippen molar-refractivity contribution in [3.63, 3.8) is 0 Å². The van der Waals surface area contributed by atoms with Crippen LogP contribution >= 0.6 is 12.6 Å². The Morgan fingerprint density at radius 3 is 2.56 bits per heavy atom. The SMILES string of the molecule is CCc1nccn1C(CCCN)c1cc(C#Cc2ccc(OCC(CO)CO)cc2)on1.CS. The third-order valence-corrected chi connectivity index (χ3v) is 5.14. The van der Waals surface area contributed by atoms with Crippen molar-refractivity contribution >= 4 is 12.6 Å². The van der Waals surface area contributed by atoms with Gasteiger partial charge in [-0.25, -0.2) is 4.98 Å². The van der Waals surface area contributed by atoms with Crippen LogP contribution in [-0.2, 0) is 6.42 Å². The van der Waals surface area contributed by atoms with E-state index in [0.717, 1.165) is 36.3 Å². The van der Waals surface area contributed by atoms with Crippen LogP contribution < -0.4 is 10.5 Å². The predicted molar refractivity (Wildman–Crippen MR) is 135 cm³/mol. The number of imidazole rings is 1. The minimum atomic E-state index is -0.292. The number of nitrogens with zero attached hydrogens (tertiary/aromatic N) is 3. The molecule has 0 saturated carbocycles. The molecule has 9 heteroatoms. The Labute approximate surface area is 206 Å². The molecule has 0 fully saturated rings. The zero-order valence-corrected chi connectivity index (χ0v) is 20.6. The average molecular weight is 487 g/mol. The summed E-state index contributed by atoms with van der Waals surface area (Å²) >= 11 is 3.53. The van der Waals surface area contributed by atoms with Gasteiger partial charge in [-0.1, -0.05) is 18.0 Å². The lowest BCUT2D eigenvalue weighted by Gasteiger charge is -2.17. The van der Waals surface area contributed by atoms with Crippen molar-refractivity contribution in [3.05, 3.63) is 65.6 Å². The lowest BCUT2D eigenvalue weighted by molar-refractivity contribution is 0.106. The van der Waals surface area contributed by atoms with Gasteiger partial charge in [0.15, 0.2) is 0 Å². The molecule has 0 aliphatic rings. The maximum absolute atomic E-state index is 9.10. The number of aryl methyl sites for hydroxylation is 1. The molecular formula is C25H34N4O4S. The van der Waals surface area contributed by atoms with Gasteiger partial charge in [0.05, 0.1) is 25.9 Å². The average Bonchev–Trinajstić information content (AvgIpc) is 3.56. The molecule has 0 radical (unpaired) electrons. The molecule has 184 valence electrons. The van der Waals surface area contributed by atoms with Gasteiger partial charge in [0.1, 0.15) is 17.3 Å². The second-order valence-corrected chi connectivity index (χ2v) is 7.48. The highest BCUT2D eigenvalue weighted by Crippen LogP contribution is 2.25. The van der Waals surface area contributed by atoms with Crippen LogP contribution in [0.3, 0.4) is 0 Å². The number of benzene rings is 1. The number of aliphatic hydroxyl groups excluding tert-OH is 2. The van der Waals surface area contributed by atoms with Crippen LogP contribution in [0.25, 0.3) is 0 Å². The van der Waals surface area contributed by atoms with Crippen LogP contribution in [0.15, 0.2) is 47.2 Å². The Morgan fingerprint density at radius 1 is 1.18 bits per heavy atom. The number of ether oxygens (including phenoxy) is 1. The molecule has 0 amide bonds. The first-order chi connectivity index (χ1) is 16.7. The lowest BCUT2D eigenvalue weighted by atomic mass is 10.1. The van der Waals surface area contributed by atoms with Gasteiger partial charge in [-0.2, -0.15) is 12.6 Å². The Hall–Kier alpha value is -2.77. The number of nitrogens with two attached hydrogens (primary N) is 1. The van der Waals surface area contributed by atoms with Gasteiger partial charge in [-0.05, 0) is 55.8 Å². The van der Waals surface area contributed by atoms with Crippen molar-refractivity contribution in [1.29, 1.82) is 0 Å². The topological polar surface area (TPSA) is 120 Å². The Morgan fingerprint density at radius 2 is 1.91 bits per heavy atom. The summed E-state index contributed by atoms with van der Waals surface area (Å²) in [5, 5.41) is 22.5. The van der Waals surface area contributed by atoms with E-state index in [9.17, 15) is 0 Å². The molecule has 0 saturated heterocycles. The van der Waals surface area contributed by atoms with Gasteiger partial charge >= 0.3 is 0 Å². The first-order valence-corrected chi connectivity index (χ1v) is 12.2. The van der Waals surface area contributed by atoms with E-state index in [1.54, 1.807) is 24.6 Å². The fraction of sp³-hybridized carbons (Fsp3) is 0.440. The maximum Gasteiger partial charge on any atom is 0.210 e. The Bertz CT molecular complexity index is 1020. The molecule has 34 heavy (non-hydrogen) atoms. The summed E-state index contributed by atoms with van der Waals surface area (Å²) in [5.41, 5.74) is 7.34. The summed E-state index contributed by atoms with van der Waals surface area (Å²) < 4.78 is 13.2. The molecule has 4 N–H and O–H groups in total. The largest absolute Gasteiger partial charge is 0.493 e. The molecule has 0 spiro atoms. The highest BCUT2D eigenvalue weighted by Gasteiger charge is 2.20. The van der Waals surface area contributed by atoms with E-state index in [-0.39, 0.29) is 31.8 Å². The van der Waals surface area contributed by atoms with Crippen LogP contribution in [0.2, 0.25) is 0 Å². The second kappa shape index (κ2) is 15.2. The first-order valence-electron chi connectivity index (χ1n) is 11.3. The van der Waals surface area contributed by atoms with Gasteiger partial charge in [-0.3, -0.25) is 0 Å². The van der Waals surface area contributed by atoms with E-state index in [0.29, 0.717) is 18.1 Å². The summed E-state index contributed by atoms with van der Waals surface area (Å²) in [7, 11) is 0. The predicted octanol–water partition coefficient (Wildman–Crippen LogP) is 2.69. The van der Waals surface area contributed by atoms with Crippen molar-refractivity contribution in [2.45, 2.75) is 32.2 Å². The van der Waals surface area contributed by atoms with Crippen LogP contribution in [0, 0.1) is 17.8 Å². The minimum Gasteiger partial charge on any atom is -0.493 e. The zero-order chi connectivity index (χ0) is 24.8. The molecule has 1 atom stereocenters. The van der Waals surface area contributed by atoms with Crippen molar-refractivity contribution in [1.82, 2.24) is 14.7 Å². The minimum absolute atomic E-state index is 0.00778. The van der Waals surface area contributed by atoms with Gasteiger partial charge in [0, 0.05) is 36.4 Å². The number of rotatable bonds is 11. The van der Waals surface area contributed by atoms with Gasteiger partial charge in [0.25, 0.3) is 0 Å². The number of hydrogen-bond acceptors (Lipinski definition) is 8. The highest BCUT2D eigenvalue weighted by molar-refractivity contribution is 7.79. The zero-order valence-electron chi connectivity index (χ0n) is 19.7. The normalized spacial score (nSPS) is 11.4. The molecular weight excluding hydrogens is 452 g/mol. The first kappa shape index (κ1) is 27.5. The molecule has 3 aromatic rings. The fourth-order valence-corrected chi connectivity index (χ4v) is 3.29. The monoisotopic (exact) mass is 486 g/mol. The molecule has 2 aromatic heterocycles. The summed E-state index contributed by atoms with van der Waals surface area (Å²) in [6.45, 7) is 2.70. The van der Waals surface area contributed by atoms with Crippen LogP contribution in [-0.4, -0.2) is 57.5 Å². The number of aromatic nitrogens is 3. The summed E-state index contributed by atoms with van der Waals surface area (Å²) in [6.07, 6.45) is 8.00. The van der Waals surface area contributed by atoms with Crippen LogP contribution in [0.1, 0.15) is 48.6 Å². The molecule has 1 aromatic carbocycles. The van der Waals surface area contributed by atoms with Crippen molar-refractivity contribution < 1.29 is 19.5 Å². The highest BCUT2D eigenvalue weighted by atomic mass is 32.1. The number of thiol groups is 1. The third kappa shape index (κ3) is 7.92. The van der Waals surface area contributed by atoms with E-state index < -0.39 is 0 Å². The van der Waals surface area contributed by atoms with E-state index in [2.05, 4.69) is 46.1 Å². The van der Waals surface area contributed by atoms with E-state index in [4.69, 9.17) is 25.2 Å². The Kier molecular flexibility index (Phi) is 12.3. The molecule has 1 unspecified atom stereocenters. The summed E-state index contributed by atoms with van der Waals surface area (Å²) in [5.74, 6) is 7.93. The smallest absolute Gasteiger partial charge is 0.210 e. The molecule has 0 aliphatic heterocycles. The van der Waals surface area contributed by atoms with Crippen molar-refractivity contribution in [2.75, 3.05) is 32.6 Å². The van der Waals surface area contributed by atoms with Gasteiger partial charge in [-0.15, -0.1) is 0 Å². The van der Waals surface area contributed by atoms with Crippen LogP contribution in [0.5, 0.6) is 5.75 Å². The molecule has 2 heterocycles. The fourth-order valence-electron chi connectivity index (χ4n) is 3.29. The Balaban J connectivity index is 0.00000199. The number of hydrogen-bond donors (Lipinski definition) is 4.